The zero-order valence-corrected chi connectivity index (χ0v) is 12.0. The van der Waals surface area contributed by atoms with Gasteiger partial charge in [0.15, 0.2) is 5.76 Å². The Bertz CT molecular complexity index is 665. The minimum absolute atomic E-state index is 0.0858. The van der Waals surface area contributed by atoms with Gasteiger partial charge in [-0.05, 0) is 39.8 Å². The number of hydrogen-bond acceptors (Lipinski definition) is 5. The van der Waals surface area contributed by atoms with Crippen molar-refractivity contribution in [2.45, 2.75) is 38.6 Å². The molecule has 19 heavy (non-hydrogen) atoms. The van der Waals surface area contributed by atoms with Crippen LogP contribution in [-0.4, -0.2) is 13.6 Å². The van der Waals surface area contributed by atoms with Crippen molar-refractivity contribution in [2.24, 2.45) is 0 Å². The quantitative estimate of drug-likeness (QED) is 0.930. The third-order valence-electron chi connectivity index (χ3n) is 2.76. The van der Waals surface area contributed by atoms with Crippen LogP contribution in [-0.2, 0) is 10.0 Å². The molecule has 0 spiro atoms. The number of aromatic nitrogens is 1. The summed E-state index contributed by atoms with van der Waals surface area (Å²) in [6.07, 6.45) is 0. The maximum absolute atomic E-state index is 12.3. The highest BCUT2D eigenvalue weighted by Crippen LogP contribution is 2.22. The Hall–Kier alpha value is -1.60. The van der Waals surface area contributed by atoms with Crippen LogP contribution in [0.3, 0.4) is 0 Å². The van der Waals surface area contributed by atoms with Gasteiger partial charge in [0.25, 0.3) is 0 Å². The molecule has 2 aromatic rings. The van der Waals surface area contributed by atoms with E-state index >= 15 is 0 Å². The summed E-state index contributed by atoms with van der Waals surface area (Å²) in [7, 11) is -3.68. The van der Waals surface area contributed by atoms with Gasteiger partial charge in [-0.1, -0.05) is 5.16 Å². The Morgan fingerprint density at radius 3 is 2.42 bits per heavy atom. The Balaban J connectivity index is 2.27. The summed E-state index contributed by atoms with van der Waals surface area (Å²) >= 11 is 0. The largest absolute Gasteiger partial charge is 0.465 e. The van der Waals surface area contributed by atoms with Crippen LogP contribution in [0.15, 0.2) is 26.0 Å². The average Bonchev–Trinajstić information content (AvgIpc) is 2.85. The van der Waals surface area contributed by atoms with Gasteiger partial charge < -0.3 is 8.94 Å². The van der Waals surface area contributed by atoms with E-state index in [0.717, 1.165) is 5.76 Å². The van der Waals surface area contributed by atoms with Crippen molar-refractivity contribution < 1.29 is 17.4 Å². The summed E-state index contributed by atoms with van der Waals surface area (Å²) in [6, 6.07) is 3.07. The van der Waals surface area contributed by atoms with E-state index in [9.17, 15) is 8.42 Å². The fourth-order valence-electron chi connectivity index (χ4n) is 1.89. The topological polar surface area (TPSA) is 85.3 Å². The van der Waals surface area contributed by atoms with Crippen LogP contribution in [0.2, 0.25) is 0 Å². The predicted octanol–water partition coefficient (Wildman–Crippen LogP) is 2.23. The predicted molar refractivity (Wildman–Crippen MR) is 68.2 cm³/mol. The van der Waals surface area contributed by atoms with E-state index in [4.69, 9.17) is 8.94 Å². The minimum atomic E-state index is -3.68. The molecule has 0 aliphatic carbocycles. The van der Waals surface area contributed by atoms with E-state index in [1.165, 1.54) is 0 Å². The number of nitrogens with one attached hydrogen (secondary N) is 1. The van der Waals surface area contributed by atoms with Crippen molar-refractivity contribution in [1.29, 1.82) is 0 Å². The standard InChI is InChI=1S/C12H16N2O4S/c1-7-5-6-11(17-7)8(2)14-19(15,16)12-9(3)13-18-10(12)4/h5-6,8,14H,1-4H3. The third-order valence-corrected chi connectivity index (χ3v) is 4.54. The summed E-state index contributed by atoms with van der Waals surface area (Å²) in [5, 5.41) is 3.65. The van der Waals surface area contributed by atoms with Gasteiger partial charge in [-0.2, -0.15) is 0 Å². The smallest absolute Gasteiger partial charge is 0.246 e. The second-order valence-corrected chi connectivity index (χ2v) is 6.10. The van der Waals surface area contributed by atoms with E-state index in [1.54, 1.807) is 39.8 Å². The van der Waals surface area contributed by atoms with Gasteiger partial charge in [-0.25, -0.2) is 13.1 Å². The highest BCUT2D eigenvalue weighted by molar-refractivity contribution is 7.89. The Morgan fingerprint density at radius 1 is 1.26 bits per heavy atom. The van der Waals surface area contributed by atoms with Crippen molar-refractivity contribution >= 4 is 10.0 Å². The normalized spacial score (nSPS) is 13.7. The van der Waals surface area contributed by atoms with Crippen LogP contribution in [0.4, 0.5) is 0 Å². The molecule has 7 heteroatoms. The molecule has 2 rings (SSSR count). The Labute approximate surface area is 111 Å². The summed E-state index contributed by atoms with van der Waals surface area (Å²) in [4.78, 5) is 0.0858. The van der Waals surface area contributed by atoms with Crippen LogP contribution in [0.5, 0.6) is 0 Å². The number of nitrogens with zero attached hydrogens (tertiary/aromatic N) is 1. The fraction of sp³-hybridized carbons (Fsp3) is 0.417. The molecule has 1 atom stereocenters. The molecule has 0 saturated carbocycles. The molecule has 6 nitrogen and oxygen atoms in total. The molecule has 104 valence electrons. The first-order valence-electron chi connectivity index (χ1n) is 5.83. The summed E-state index contributed by atoms with van der Waals surface area (Å²) in [5.41, 5.74) is 0.341. The second-order valence-electron chi connectivity index (χ2n) is 4.44. The minimum Gasteiger partial charge on any atom is -0.465 e. The molecule has 0 bridgehead atoms. The lowest BCUT2D eigenvalue weighted by molar-refractivity contribution is 0.390. The summed E-state index contributed by atoms with van der Waals surface area (Å²) in [6.45, 7) is 6.68. The van der Waals surface area contributed by atoms with Crippen LogP contribution in [0, 0.1) is 20.8 Å². The monoisotopic (exact) mass is 284 g/mol. The lowest BCUT2D eigenvalue weighted by atomic mass is 10.3. The molecule has 0 amide bonds. The van der Waals surface area contributed by atoms with Gasteiger partial charge in [0.2, 0.25) is 10.0 Å². The molecule has 0 aliphatic heterocycles. The fourth-order valence-corrected chi connectivity index (χ4v) is 3.44. The zero-order chi connectivity index (χ0) is 14.2. The van der Waals surface area contributed by atoms with E-state index in [0.29, 0.717) is 11.5 Å². The van der Waals surface area contributed by atoms with Gasteiger partial charge in [-0.15, -0.1) is 0 Å². The van der Waals surface area contributed by atoms with Crippen LogP contribution in [0.1, 0.15) is 35.9 Å². The van der Waals surface area contributed by atoms with Crippen molar-refractivity contribution in [2.75, 3.05) is 0 Å². The number of furan rings is 1. The molecule has 0 fully saturated rings. The average molecular weight is 284 g/mol. The van der Waals surface area contributed by atoms with Gasteiger partial charge >= 0.3 is 0 Å². The van der Waals surface area contributed by atoms with Gasteiger partial charge in [0.05, 0.1) is 6.04 Å². The van der Waals surface area contributed by atoms with Gasteiger partial charge in [0, 0.05) is 0 Å². The summed E-state index contributed by atoms with van der Waals surface area (Å²) < 4.78 is 37.4. The van der Waals surface area contributed by atoms with Crippen LogP contribution < -0.4 is 4.72 Å². The first kappa shape index (κ1) is 13.8. The molecule has 0 saturated heterocycles. The molecular formula is C12H16N2O4S. The van der Waals surface area contributed by atoms with Crippen molar-refractivity contribution in [3.63, 3.8) is 0 Å². The first-order valence-corrected chi connectivity index (χ1v) is 7.31. The van der Waals surface area contributed by atoms with Crippen molar-refractivity contribution in [3.05, 3.63) is 35.1 Å². The third kappa shape index (κ3) is 2.71. The lowest BCUT2D eigenvalue weighted by Crippen LogP contribution is -2.27. The highest BCUT2D eigenvalue weighted by Gasteiger charge is 2.27. The number of rotatable bonds is 4. The second kappa shape index (κ2) is 4.82. The molecule has 0 aromatic carbocycles. The number of hydrogen-bond donors (Lipinski definition) is 1. The molecule has 1 N–H and O–H groups in total. The Morgan fingerprint density at radius 2 is 1.95 bits per heavy atom. The van der Waals surface area contributed by atoms with Gasteiger partial charge in [-0.3, -0.25) is 0 Å². The van der Waals surface area contributed by atoms with Crippen molar-refractivity contribution in [1.82, 2.24) is 9.88 Å². The number of aryl methyl sites for hydroxylation is 3. The zero-order valence-electron chi connectivity index (χ0n) is 11.2. The molecular weight excluding hydrogens is 268 g/mol. The number of sulfonamides is 1. The van der Waals surface area contributed by atoms with E-state index < -0.39 is 16.1 Å². The van der Waals surface area contributed by atoms with Crippen LogP contribution >= 0.6 is 0 Å². The molecule has 2 aromatic heterocycles. The molecule has 1 unspecified atom stereocenters. The molecule has 0 aliphatic rings. The maximum atomic E-state index is 12.3. The van der Waals surface area contributed by atoms with E-state index in [1.807, 2.05) is 0 Å². The SMILES string of the molecule is Cc1ccc(C(C)NS(=O)(=O)c2c(C)noc2C)o1. The van der Waals surface area contributed by atoms with E-state index in [2.05, 4.69) is 9.88 Å². The summed E-state index contributed by atoms with van der Waals surface area (Å²) in [5.74, 6) is 1.57. The highest BCUT2D eigenvalue weighted by atomic mass is 32.2. The molecule has 0 radical (unpaired) electrons. The molecule has 2 heterocycles. The first-order chi connectivity index (χ1) is 8.81. The Kier molecular flexibility index (Phi) is 3.51. The maximum Gasteiger partial charge on any atom is 0.246 e. The van der Waals surface area contributed by atoms with Crippen LogP contribution in [0.25, 0.3) is 0 Å². The lowest BCUT2D eigenvalue weighted by Gasteiger charge is -2.11. The van der Waals surface area contributed by atoms with Gasteiger partial charge in [0.1, 0.15) is 22.1 Å². The van der Waals surface area contributed by atoms with Crippen molar-refractivity contribution in [3.8, 4) is 0 Å². The van der Waals surface area contributed by atoms with E-state index in [-0.39, 0.29) is 10.7 Å².